The number of sulfone groups is 1. The highest BCUT2D eigenvalue weighted by molar-refractivity contribution is 7.91. The van der Waals surface area contributed by atoms with Crippen LogP contribution in [0.25, 0.3) is 0 Å². The van der Waals surface area contributed by atoms with E-state index in [1.807, 2.05) is 6.07 Å². The van der Waals surface area contributed by atoms with Crippen LogP contribution in [0.4, 0.5) is 8.78 Å². The van der Waals surface area contributed by atoms with Crippen molar-refractivity contribution in [2.75, 3.05) is 7.11 Å². The quantitative estimate of drug-likeness (QED) is 0.562. The van der Waals surface area contributed by atoms with Crippen LogP contribution in [0.2, 0.25) is 5.02 Å². The van der Waals surface area contributed by atoms with E-state index in [1.165, 1.54) is 19.2 Å². The smallest absolute Gasteiger partial charge is 0.343 e. The Morgan fingerprint density at radius 2 is 1.85 bits per heavy atom. The lowest BCUT2D eigenvalue weighted by molar-refractivity contribution is 0.0729. The molecule has 2 aromatic carbocycles. The van der Waals surface area contributed by atoms with Crippen molar-refractivity contribution in [1.29, 1.82) is 5.26 Å². The third-order valence-electron chi connectivity index (χ3n) is 3.21. The van der Waals surface area contributed by atoms with Crippen LogP contribution in [0.1, 0.15) is 15.9 Å². The molecule has 6 nitrogen and oxygen atoms in total. The zero-order chi connectivity index (χ0) is 19.5. The zero-order valence-electron chi connectivity index (χ0n) is 13.1. The summed E-state index contributed by atoms with van der Waals surface area (Å²) in [6, 6.07) is 8.24. The topological polar surface area (TPSA) is 93.5 Å². The van der Waals surface area contributed by atoms with E-state index in [0.29, 0.717) is 0 Å². The van der Waals surface area contributed by atoms with Crippen molar-refractivity contribution in [1.82, 2.24) is 0 Å². The minimum atomic E-state index is -4.76. The third kappa shape index (κ3) is 3.92. The summed E-state index contributed by atoms with van der Waals surface area (Å²) in [6.45, 7) is 0. The first-order valence-corrected chi connectivity index (χ1v) is 8.75. The second-order valence-electron chi connectivity index (χ2n) is 4.82. The van der Waals surface area contributed by atoms with Gasteiger partial charge in [0.15, 0.2) is 11.5 Å². The SMILES string of the molecule is COc1cc(C#N)cc(Cl)c1OC(=O)c1ccc(S(=O)(=O)C(F)F)cc1. The van der Waals surface area contributed by atoms with Crippen molar-refractivity contribution in [3.8, 4) is 17.6 Å². The van der Waals surface area contributed by atoms with Gasteiger partial charge in [0, 0.05) is 6.07 Å². The summed E-state index contributed by atoms with van der Waals surface area (Å²) in [5.41, 5.74) is 0.0916. The number of alkyl halides is 2. The molecule has 136 valence electrons. The van der Waals surface area contributed by atoms with Crippen LogP contribution in [0, 0.1) is 11.3 Å². The monoisotopic (exact) mass is 401 g/mol. The molecule has 10 heteroatoms. The number of carbonyl (C=O) groups is 1. The van der Waals surface area contributed by atoms with Crippen molar-refractivity contribution in [3.05, 3.63) is 52.5 Å². The molecule has 0 heterocycles. The Kier molecular flexibility index (Phi) is 5.79. The second-order valence-corrected chi connectivity index (χ2v) is 7.15. The lowest BCUT2D eigenvalue weighted by Crippen LogP contribution is -2.13. The Hall–Kier alpha value is -2.70. The van der Waals surface area contributed by atoms with Crippen molar-refractivity contribution in [2.24, 2.45) is 0 Å². The summed E-state index contributed by atoms with van der Waals surface area (Å²) in [5.74, 6) is -4.58. The van der Waals surface area contributed by atoms with Gasteiger partial charge in [-0.15, -0.1) is 0 Å². The molecule has 0 fully saturated rings. The zero-order valence-corrected chi connectivity index (χ0v) is 14.6. The van der Waals surface area contributed by atoms with Gasteiger partial charge in [-0.3, -0.25) is 0 Å². The van der Waals surface area contributed by atoms with Crippen LogP contribution in [-0.4, -0.2) is 27.3 Å². The van der Waals surface area contributed by atoms with Crippen molar-refractivity contribution < 1.29 is 31.5 Å². The molecule has 0 amide bonds. The van der Waals surface area contributed by atoms with E-state index in [9.17, 15) is 22.0 Å². The van der Waals surface area contributed by atoms with E-state index in [0.717, 1.165) is 24.3 Å². The van der Waals surface area contributed by atoms with Gasteiger partial charge in [-0.25, -0.2) is 13.2 Å². The summed E-state index contributed by atoms with van der Waals surface area (Å²) in [5, 5.41) is 8.84. The van der Waals surface area contributed by atoms with Crippen LogP contribution in [0.5, 0.6) is 11.5 Å². The van der Waals surface area contributed by atoms with E-state index < -0.39 is 26.5 Å². The Balaban J connectivity index is 2.31. The normalized spacial score (nSPS) is 11.1. The first kappa shape index (κ1) is 19.6. The number of ether oxygens (including phenoxy) is 2. The molecule has 2 aromatic rings. The molecule has 0 aromatic heterocycles. The number of nitriles is 1. The number of carbonyl (C=O) groups excluding carboxylic acids is 1. The molecule has 0 aliphatic heterocycles. The number of nitrogens with zero attached hydrogens (tertiary/aromatic N) is 1. The van der Waals surface area contributed by atoms with Gasteiger partial charge < -0.3 is 9.47 Å². The summed E-state index contributed by atoms with van der Waals surface area (Å²) in [4.78, 5) is 11.6. The van der Waals surface area contributed by atoms with Gasteiger partial charge in [-0.1, -0.05) is 11.6 Å². The molecule has 2 rings (SSSR count). The highest BCUT2D eigenvalue weighted by Gasteiger charge is 2.26. The second kappa shape index (κ2) is 7.68. The summed E-state index contributed by atoms with van der Waals surface area (Å²) in [6.07, 6.45) is 0. The molecule has 0 saturated heterocycles. The van der Waals surface area contributed by atoms with Gasteiger partial charge in [0.2, 0.25) is 9.84 Å². The minimum absolute atomic E-state index is 0.0410. The minimum Gasteiger partial charge on any atom is -0.493 e. The molecule has 0 atom stereocenters. The standard InChI is InChI=1S/C16H10ClF2NO5S/c1-24-13-7-9(8-20)6-12(17)14(13)25-15(21)10-2-4-11(5-3-10)26(22,23)16(18)19/h2-7,16H,1H3. The fourth-order valence-electron chi connectivity index (χ4n) is 1.92. The highest BCUT2D eigenvalue weighted by atomic mass is 35.5. The molecule has 0 aliphatic rings. The van der Waals surface area contributed by atoms with Gasteiger partial charge in [-0.2, -0.15) is 14.0 Å². The van der Waals surface area contributed by atoms with Gasteiger partial charge in [0.05, 0.1) is 34.2 Å². The van der Waals surface area contributed by atoms with E-state index in [-0.39, 0.29) is 27.6 Å². The summed E-state index contributed by atoms with van der Waals surface area (Å²) >= 11 is 5.97. The molecule has 26 heavy (non-hydrogen) atoms. The van der Waals surface area contributed by atoms with Crippen LogP contribution in [0.15, 0.2) is 41.3 Å². The molecular formula is C16H10ClF2NO5S. The van der Waals surface area contributed by atoms with Gasteiger partial charge in [0.1, 0.15) is 0 Å². The average molecular weight is 402 g/mol. The number of methoxy groups -OCH3 is 1. The van der Waals surface area contributed by atoms with Gasteiger partial charge >= 0.3 is 11.7 Å². The summed E-state index contributed by atoms with van der Waals surface area (Å²) < 4.78 is 57.9. The summed E-state index contributed by atoms with van der Waals surface area (Å²) in [7, 11) is -3.47. The van der Waals surface area contributed by atoms with Crippen LogP contribution in [-0.2, 0) is 9.84 Å². The predicted octanol–water partition coefficient (Wildman–Crippen LogP) is 3.44. The van der Waals surface area contributed by atoms with Crippen molar-refractivity contribution in [3.63, 3.8) is 0 Å². The van der Waals surface area contributed by atoms with Crippen LogP contribution in [0.3, 0.4) is 0 Å². The van der Waals surface area contributed by atoms with E-state index in [1.54, 1.807) is 0 Å². The number of esters is 1. The number of hydrogen-bond donors (Lipinski definition) is 0. The van der Waals surface area contributed by atoms with Crippen molar-refractivity contribution in [2.45, 2.75) is 10.7 Å². The number of halogens is 3. The maximum atomic E-state index is 12.5. The largest absolute Gasteiger partial charge is 0.493 e. The third-order valence-corrected chi connectivity index (χ3v) is 4.89. The van der Waals surface area contributed by atoms with E-state index >= 15 is 0 Å². The maximum absolute atomic E-state index is 12.5. The molecular weight excluding hydrogens is 392 g/mol. The molecule has 0 N–H and O–H groups in total. The van der Waals surface area contributed by atoms with E-state index in [4.69, 9.17) is 26.3 Å². The van der Waals surface area contributed by atoms with Crippen LogP contribution < -0.4 is 9.47 Å². The Bertz CT molecular complexity index is 985. The Morgan fingerprint density at radius 1 is 1.23 bits per heavy atom. The molecule has 0 saturated carbocycles. The van der Waals surface area contributed by atoms with Crippen molar-refractivity contribution >= 4 is 27.4 Å². The Morgan fingerprint density at radius 3 is 2.35 bits per heavy atom. The first-order chi connectivity index (χ1) is 12.2. The van der Waals surface area contributed by atoms with Gasteiger partial charge in [0.25, 0.3) is 0 Å². The maximum Gasteiger partial charge on any atom is 0.343 e. The Labute approximate surface area is 152 Å². The fraction of sp³-hybridized carbons (Fsp3) is 0.125. The lowest BCUT2D eigenvalue weighted by Gasteiger charge is -2.11. The molecule has 0 aliphatic carbocycles. The molecule has 0 spiro atoms. The highest BCUT2D eigenvalue weighted by Crippen LogP contribution is 2.36. The number of rotatable bonds is 5. The van der Waals surface area contributed by atoms with Crippen LogP contribution >= 0.6 is 11.6 Å². The van der Waals surface area contributed by atoms with Gasteiger partial charge in [-0.05, 0) is 30.3 Å². The number of benzene rings is 2. The lowest BCUT2D eigenvalue weighted by atomic mass is 10.2. The first-order valence-electron chi connectivity index (χ1n) is 6.82. The van der Waals surface area contributed by atoms with E-state index in [2.05, 4.69) is 0 Å². The predicted molar refractivity (Wildman–Crippen MR) is 87.3 cm³/mol. The number of hydrogen-bond acceptors (Lipinski definition) is 6. The fourth-order valence-corrected chi connectivity index (χ4v) is 2.89. The molecule has 0 bridgehead atoms. The molecule has 0 unspecified atom stereocenters. The average Bonchev–Trinajstić information content (AvgIpc) is 2.62. The molecule has 0 radical (unpaired) electrons.